The lowest BCUT2D eigenvalue weighted by Crippen LogP contribution is -2.34. The highest BCUT2D eigenvalue weighted by atomic mass is 16.2. The normalized spacial score (nSPS) is 41.6. The van der Waals surface area contributed by atoms with Gasteiger partial charge in [-0.05, 0) is 49.4 Å². The molecule has 3 unspecified atom stereocenters. The molecule has 0 spiro atoms. The van der Waals surface area contributed by atoms with Crippen molar-refractivity contribution in [2.45, 2.75) is 39.5 Å². The average Bonchev–Trinajstić information content (AvgIpc) is 2.72. The monoisotopic (exact) mass is 221 g/mol. The van der Waals surface area contributed by atoms with E-state index in [1.165, 1.54) is 25.7 Å². The molecule has 2 heteroatoms. The van der Waals surface area contributed by atoms with Crippen molar-refractivity contribution in [2.75, 3.05) is 13.1 Å². The molecule has 3 rings (SSSR count). The number of amides is 1. The Morgan fingerprint density at radius 2 is 1.88 bits per heavy atom. The van der Waals surface area contributed by atoms with Crippen LogP contribution in [-0.2, 0) is 4.79 Å². The smallest absolute Gasteiger partial charge is 0.225 e. The highest BCUT2D eigenvalue weighted by Crippen LogP contribution is 2.54. The maximum atomic E-state index is 12.3. The van der Waals surface area contributed by atoms with Crippen molar-refractivity contribution in [1.82, 2.24) is 4.90 Å². The molecule has 0 radical (unpaired) electrons. The molecule has 2 saturated carbocycles. The zero-order valence-electron chi connectivity index (χ0n) is 10.5. The third kappa shape index (κ3) is 1.76. The first-order chi connectivity index (χ1) is 7.65. The summed E-state index contributed by atoms with van der Waals surface area (Å²) >= 11 is 0. The van der Waals surface area contributed by atoms with Gasteiger partial charge < -0.3 is 4.90 Å². The summed E-state index contributed by atoms with van der Waals surface area (Å²) in [6.07, 6.45) is 5.04. The molecule has 1 aliphatic heterocycles. The average molecular weight is 221 g/mol. The van der Waals surface area contributed by atoms with Crippen LogP contribution in [0.3, 0.4) is 0 Å². The van der Waals surface area contributed by atoms with E-state index in [9.17, 15) is 4.79 Å². The fourth-order valence-electron chi connectivity index (χ4n) is 3.71. The lowest BCUT2D eigenvalue weighted by molar-refractivity contribution is -0.134. The highest BCUT2D eigenvalue weighted by Gasteiger charge is 2.49. The zero-order valence-corrected chi connectivity index (χ0v) is 10.5. The molecule has 0 bridgehead atoms. The molecule has 90 valence electrons. The molecule has 3 atom stereocenters. The molecule has 3 fully saturated rings. The second kappa shape index (κ2) is 3.75. The van der Waals surface area contributed by atoms with Crippen LogP contribution >= 0.6 is 0 Å². The van der Waals surface area contributed by atoms with E-state index < -0.39 is 0 Å². The van der Waals surface area contributed by atoms with Gasteiger partial charge in [-0.2, -0.15) is 0 Å². The maximum absolute atomic E-state index is 12.3. The Morgan fingerprint density at radius 3 is 2.44 bits per heavy atom. The van der Waals surface area contributed by atoms with E-state index in [1.54, 1.807) is 0 Å². The number of carbonyl (C=O) groups is 1. The van der Waals surface area contributed by atoms with Crippen LogP contribution in [0.2, 0.25) is 0 Å². The Hall–Kier alpha value is -0.530. The fourth-order valence-corrected chi connectivity index (χ4v) is 3.71. The van der Waals surface area contributed by atoms with Gasteiger partial charge in [0.15, 0.2) is 0 Å². The van der Waals surface area contributed by atoms with Gasteiger partial charge in [-0.3, -0.25) is 4.79 Å². The number of likely N-dealkylation sites (tertiary alicyclic amines) is 1. The van der Waals surface area contributed by atoms with Crippen molar-refractivity contribution < 1.29 is 4.79 Å². The van der Waals surface area contributed by atoms with Gasteiger partial charge >= 0.3 is 0 Å². The summed E-state index contributed by atoms with van der Waals surface area (Å²) in [5, 5.41) is 0. The minimum atomic E-state index is 0.398. The molecule has 1 heterocycles. The maximum Gasteiger partial charge on any atom is 0.225 e. The summed E-state index contributed by atoms with van der Waals surface area (Å²) in [6.45, 7) is 6.61. The lowest BCUT2D eigenvalue weighted by atomic mass is 9.95. The Bertz CT molecular complexity index is 289. The number of hydrogen-bond donors (Lipinski definition) is 0. The quantitative estimate of drug-likeness (QED) is 0.701. The first-order valence-corrected chi connectivity index (χ1v) is 6.94. The summed E-state index contributed by atoms with van der Waals surface area (Å²) in [5.41, 5.74) is 0. The predicted octanol–water partition coefficient (Wildman–Crippen LogP) is 2.54. The molecule has 3 aliphatic rings. The van der Waals surface area contributed by atoms with Crippen LogP contribution in [0.4, 0.5) is 0 Å². The van der Waals surface area contributed by atoms with E-state index >= 15 is 0 Å². The number of nitrogens with zero attached hydrogens (tertiary/aromatic N) is 1. The second-order valence-corrected chi connectivity index (χ2v) is 6.50. The third-order valence-corrected chi connectivity index (χ3v) is 5.07. The van der Waals surface area contributed by atoms with E-state index in [1.807, 2.05) is 0 Å². The van der Waals surface area contributed by atoms with Crippen LogP contribution < -0.4 is 0 Å². The molecule has 16 heavy (non-hydrogen) atoms. The number of carbonyl (C=O) groups excluding carboxylic acids is 1. The highest BCUT2D eigenvalue weighted by molar-refractivity contribution is 5.79. The van der Waals surface area contributed by atoms with Crippen molar-refractivity contribution in [3.63, 3.8) is 0 Å². The Kier molecular flexibility index (Phi) is 2.49. The summed E-state index contributed by atoms with van der Waals surface area (Å²) in [4.78, 5) is 14.5. The van der Waals surface area contributed by atoms with Crippen LogP contribution in [0.1, 0.15) is 39.5 Å². The summed E-state index contributed by atoms with van der Waals surface area (Å²) in [7, 11) is 0. The van der Waals surface area contributed by atoms with Gasteiger partial charge in [-0.25, -0.2) is 0 Å². The number of rotatable bonds is 2. The first kappa shape index (κ1) is 10.6. The zero-order chi connectivity index (χ0) is 11.3. The van der Waals surface area contributed by atoms with Gasteiger partial charge in [0.2, 0.25) is 5.91 Å². The number of hydrogen-bond acceptors (Lipinski definition) is 1. The third-order valence-electron chi connectivity index (χ3n) is 5.07. The van der Waals surface area contributed by atoms with Gasteiger partial charge in [0.1, 0.15) is 0 Å². The molecule has 1 saturated heterocycles. The first-order valence-electron chi connectivity index (χ1n) is 6.94. The predicted molar refractivity (Wildman–Crippen MR) is 63.8 cm³/mol. The molecule has 0 aromatic carbocycles. The van der Waals surface area contributed by atoms with E-state index in [2.05, 4.69) is 18.7 Å². The minimum absolute atomic E-state index is 0.398. The Morgan fingerprint density at radius 1 is 1.19 bits per heavy atom. The van der Waals surface area contributed by atoms with E-state index in [0.717, 1.165) is 36.8 Å². The topological polar surface area (TPSA) is 20.3 Å². The van der Waals surface area contributed by atoms with Gasteiger partial charge in [0.25, 0.3) is 0 Å². The van der Waals surface area contributed by atoms with Crippen LogP contribution in [0.15, 0.2) is 0 Å². The van der Waals surface area contributed by atoms with Crippen molar-refractivity contribution in [3.8, 4) is 0 Å². The fraction of sp³-hybridized carbons (Fsp3) is 0.929. The lowest BCUT2D eigenvalue weighted by Gasteiger charge is -2.22. The molecular weight excluding hydrogens is 198 g/mol. The van der Waals surface area contributed by atoms with Crippen LogP contribution in [0.25, 0.3) is 0 Å². The van der Waals surface area contributed by atoms with Crippen LogP contribution in [0.5, 0.6) is 0 Å². The molecule has 0 N–H and O–H groups in total. The Balaban J connectivity index is 1.55. The second-order valence-electron chi connectivity index (χ2n) is 6.50. The molecule has 2 aliphatic carbocycles. The molecular formula is C14H23NO. The van der Waals surface area contributed by atoms with Crippen molar-refractivity contribution in [3.05, 3.63) is 0 Å². The van der Waals surface area contributed by atoms with Gasteiger partial charge in [0.05, 0.1) is 0 Å². The van der Waals surface area contributed by atoms with Gasteiger partial charge in [-0.15, -0.1) is 0 Å². The van der Waals surface area contributed by atoms with Crippen LogP contribution in [-0.4, -0.2) is 23.9 Å². The van der Waals surface area contributed by atoms with Crippen molar-refractivity contribution in [2.24, 2.45) is 29.6 Å². The van der Waals surface area contributed by atoms with Gasteiger partial charge in [0, 0.05) is 19.0 Å². The largest absolute Gasteiger partial charge is 0.342 e. The van der Waals surface area contributed by atoms with E-state index in [4.69, 9.17) is 0 Å². The standard InChI is InChI=1S/C14H23NO/c1-9(2)10-3-4-15(8-10)14(16)13-6-11-5-12(11)7-13/h9-13H,3-8H2,1-2H3. The van der Waals surface area contributed by atoms with Crippen molar-refractivity contribution in [1.29, 1.82) is 0 Å². The molecule has 2 nitrogen and oxygen atoms in total. The molecule has 0 aromatic rings. The molecule has 0 aromatic heterocycles. The summed E-state index contributed by atoms with van der Waals surface area (Å²) in [6, 6.07) is 0. The SMILES string of the molecule is CC(C)C1CCN(C(=O)C2CC3CC3C2)C1. The summed E-state index contributed by atoms with van der Waals surface area (Å²) < 4.78 is 0. The van der Waals surface area contributed by atoms with Gasteiger partial charge in [-0.1, -0.05) is 13.8 Å². The van der Waals surface area contributed by atoms with E-state index in [0.29, 0.717) is 11.8 Å². The van der Waals surface area contributed by atoms with Crippen LogP contribution in [0, 0.1) is 29.6 Å². The van der Waals surface area contributed by atoms with E-state index in [-0.39, 0.29) is 0 Å². The molecule has 1 amide bonds. The summed E-state index contributed by atoms with van der Waals surface area (Å²) in [5.74, 6) is 4.22. The Labute approximate surface area is 98.4 Å². The number of fused-ring (bicyclic) bond motifs is 1. The van der Waals surface area contributed by atoms with Crippen molar-refractivity contribution >= 4 is 5.91 Å². The minimum Gasteiger partial charge on any atom is -0.342 e.